The molecule has 0 bridgehead atoms. The number of para-hydroxylation sites is 2. The van der Waals surface area contributed by atoms with Crippen LogP contribution < -0.4 is 10.1 Å². The van der Waals surface area contributed by atoms with Crippen molar-refractivity contribution in [2.75, 3.05) is 18.5 Å². The Kier molecular flexibility index (Phi) is 6.13. The number of carbonyl (C=O) groups is 1. The SMILES string of the molecule is CCOc1ccccc1NC(=O)C1CCCCN1S(=O)(=O)c1ccccc1. The van der Waals surface area contributed by atoms with Crippen LogP contribution in [0.25, 0.3) is 0 Å². The van der Waals surface area contributed by atoms with Gasteiger partial charge in [-0.05, 0) is 44.0 Å². The lowest BCUT2D eigenvalue weighted by Crippen LogP contribution is -2.49. The molecular weight excluding hydrogens is 364 g/mol. The van der Waals surface area contributed by atoms with Crippen LogP contribution in [0.15, 0.2) is 59.5 Å². The number of nitrogens with zero attached hydrogens (tertiary/aromatic N) is 1. The fourth-order valence-corrected chi connectivity index (χ4v) is 4.93. The third-order valence-corrected chi connectivity index (χ3v) is 6.47. The summed E-state index contributed by atoms with van der Waals surface area (Å²) >= 11 is 0. The maximum absolute atomic E-state index is 13.0. The number of carbonyl (C=O) groups excluding carboxylic acids is 1. The van der Waals surface area contributed by atoms with Crippen molar-refractivity contribution in [1.82, 2.24) is 4.31 Å². The number of anilines is 1. The molecule has 1 fully saturated rings. The highest BCUT2D eigenvalue weighted by Crippen LogP contribution is 2.28. The van der Waals surface area contributed by atoms with E-state index in [1.54, 1.807) is 48.5 Å². The fraction of sp³-hybridized carbons (Fsp3) is 0.350. The molecule has 1 N–H and O–H groups in total. The van der Waals surface area contributed by atoms with Crippen LogP contribution >= 0.6 is 0 Å². The topological polar surface area (TPSA) is 75.7 Å². The Morgan fingerprint density at radius 2 is 1.81 bits per heavy atom. The van der Waals surface area contributed by atoms with Crippen molar-refractivity contribution >= 4 is 21.6 Å². The van der Waals surface area contributed by atoms with Crippen LogP contribution in [-0.4, -0.2) is 37.8 Å². The second-order valence-corrected chi connectivity index (χ2v) is 8.25. The monoisotopic (exact) mass is 388 g/mol. The molecule has 0 aromatic heterocycles. The third kappa shape index (κ3) is 4.31. The Labute approximate surface area is 160 Å². The first-order valence-corrected chi connectivity index (χ1v) is 10.6. The molecule has 144 valence electrons. The molecule has 1 heterocycles. The molecule has 7 heteroatoms. The van der Waals surface area contributed by atoms with E-state index in [0.29, 0.717) is 31.0 Å². The van der Waals surface area contributed by atoms with Crippen molar-refractivity contribution in [2.45, 2.75) is 37.1 Å². The number of benzene rings is 2. The summed E-state index contributed by atoms with van der Waals surface area (Å²) in [7, 11) is -3.73. The molecule has 6 nitrogen and oxygen atoms in total. The van der Waals surface area contributed by atoms with Crippen molar-refractivity contribution in [3.8, 4) is 5.75 Å². The van der Waals surface area contributed by atoms with Crippen LogP contribution in [0.4, 0.5) is 5.69 Å². The van der Waals surface area contributed by atoms with E-state index in [2.05, 4.69) is 5.32 Å². The van der Waals surface area contributed by atoms with Gasteiger partial charge in [0.2, 0.25) is 15.9 Å². The summed E-state index contributed by atoms with van der Waals surface area (Å²) in [5.41, 5.74) is 0.548. The standard InChI is InChI=1S/C20H24N2O4S/c1-2-26-19-14-7-6-12-17(19)21-20(23)18-13-8-9-15-22(18)27(24,25)16-10-4-3-5-11-16/h3-7,10-12,14,18H,2,8-9,13,15H2,1H3,(H,21,23). The van der Waals surface area contributed by atoms with E-state index in [9.17, 15) is 13.2 Å². The summed E-state index contributed by atoms with van der Waals surface area (Å²) in [6.45, 7) is 2.68. The van der Waals surface area contributed by atoms with Crippen LogP contribution in [0, 0.1) is 0 Å². The fourth-order valence-electron chi connectivity index (χ4n) is 3.25. The molecule has 1 unspecified atom stereocenters. The van der Waals surface area contributed by atoms with Gasteiger partial charge in [0.15, 0.2) is 0 Å². The zero-order valence-electron chi connectivity index (χ0n) is 15.3. The molecule has 27 heavy (non-hydrogen) atoms. The highest BCUT2D eigenvalue weighted by Gasteiger charge is 2.37. The Balaban J connectivity index is 1.85. The zero-order chi connectivity index (χ0) is 19.3. The molecule has 2 aromatic carbocycles. The van der Waals surface area contributed by atoms with Crippen molar-refractivity contribution in [2.24, 2.45) is 0 Å². The Bertz CT molecular complexity index is 884. The van der Waals surface area contributed by atoms with Gasteiger partial charge in [0.05, 0.1) is 17.2 Å². The molecule has 3 rings (SSSR count). The molecular formula is C20H24N2O4S. The van der Waals surface area contributed by atoms with E-state index in [1.807, 2.05) is 13.0 Å². The van der Waals surface area contributed by atoms with E-state index >= 15 is 0 Å². The molecule has 0 radical (unpaired) electrons. The van der Waals surface area contributed by atoms with Gasteiger partial charge in [-0.2, -0.15) is 4.31 Å². The lowest BCUT2D eigenvalue weighted by molar-refractivity contribution is -0.120. The minimum Gasteiger partial charge on any atom is -0.492 e. The van der Waals surface area contributed by atoms with Crippen molar-refractivity contribution in [3.05, 3.63) is 54.6 Å². The van der Waals surface area contributed by atoms with Gasteiger partial charge in [-0.3, -0.25) is 4.79 Å². The van der Waals surface area contributed by atoms with Crippen LogP contribution in [0.1, 0.15) is 26.2 Å². The smallest absolute Gasteiger partial charge is 0.243 e. The number of rotatable bonds is 6. The lowest BCUT2D eigenvalue weighted by atomic mass is 10.0. The van der Waals surface area contributed by atoms with Gasteiger partial charge in [-0.15, -0.1) is 0 Å². The average molecular weight is 388 g/mol. The molecule has 0 saturated carbocycles. The second kappa shape index (κ2) is 8.54. The van der Waals surface area contributed by atoms with Gasteiger partial charge in [0.1, 0.15) is 11.8 Å². The predicted molar refractivity (Wildman–Crippen MR) is 104 cm³/mol. The Morgan fingerprint density at radius 3 is 2.56 bits per heavy atom. The van der Waals surface area contributed by atoms with Gasteiger partial charge in [-0.25, -0.2) is 8.42 Å². The van der Waals surface area contributed by atoms with Gasteiger partial charge >= 0.3 is 0 Å². The van der Waals surface area contributed by atoms with Crippen LogP contribution in [-0.2, 0) is 14.8 Å². The van der Waals surface area contributed by atoms with Crippen LogP contribution in [0.3, 0.4) is 0 Å². The van der Waals surface area contributed by atoms with Gasteiger partial charge in [-0.1, -0.05) is 36.8 Å². The largest absolute Gasteiger partial charge is 0.492 e. The maximum atomic E-state index is 13.0. The van der Waals surface area contributed by atoms with Crippen LogP contribution in [0.2, 0.25) is 0 Å². The normalized spacial score (nSPS) is 18.0. The molecule has 1 saturated heterocycles. The molecule has 1 atom stereocenters. The highest BCUT2D eigenvalue weighted by molar-refractivity contribution is 7.89. The van der Waals surface area contributed by atoms with Crippen molar-refractivity contribution in [1.29, 1.82) is 0 Å². The number of piperidine rings is 1. The maximum Gasteiger partial charge on any atom is 0.243 e. The number of nitrogens with one attached hydrogen (secondary N) is 1. The molecule has 0 aliphatic carbocycles. The molecule has 2 aromatic rings. The summed E-state index contributed by atoms with van der Waals surface area (Å²) in [6.07, 6.45) is 2.05. The average Bonchev–Trinajstić information content (AvgIpc) is 2.70. The van der Waals surface area contributed by atoms with Gasteiger partial charge < -0.3 is 10.1 Å². The number of hydrogen-bond donors (Lipinski definition) is 1. The minimum absolute atomic E-state index is 0.208. The van der Waals surface area contributed by atoms with Crippen molar-refractivity contribution < 1.29 is 17.9 Å². The minimum atomic E-state index is -3.73. The molecule has 1 amide bonds. The predicted octanol–water partition coefficient (Wildman–Crippen LogP) is 3.27. The first kappa shape index (κ1) is 19.4. The second-order valence-electron chi connectivity index (χ2n) is 6.36. The number of ether oxygens (including phenoxy) is 1. The number of hydrogen-bond acceptors (Lipinski definition) is 4. The van der Waals surface area contributed by atoms with E-state index in [4.69, 9.17) is 4.74 Å². The number of amides is 1. The highest BCUT2D eigenvalue weighted by atomic mass is 32.2. The molecule has 0 spiro atoms. The van der Waals surface area contributed by atoms with E-state index < -0.39 is 16.1 Å². The first-order chi connectivity index (χ1) is 13.0. The van der Waals surface area contributed by atoms with Crippen molar-refractivity contribution in [3.63, 3.8) is 0 Å². The van der Waals surface area contributed by atoms with Gasteiger partial charge in [0.25, 0.3) is 0 Å². The summed E-state index contributed by atoms with van der Waals surface area (Å²) in [4.78, 5) is 13.1. The zero-order valence-corrected chi connectivity index (χ0v) is 16.1. The lowest BCUT2D eigenvalue weighted by Gasteiger charge is -2.33. The Morgan fingerprint density at radius 1 is 1.11 bits per heavy atom. The van der Waals surface area contributed by atoms with E-state index in [1.165, 1.54) is 4.31 Å². The van der Waals surface area contributed by atoms with Crippen LogP contribution in [0.5, 0.6) is 5.75 Å². The van der Waals surface area contributed by atoms with E-state index in [0.717, 1.165) is 12.8 Å². The summed E-state index contributed by atoms with van der Waals surface area (Å²) in [6, 6.07) is 14.7. The summed E-state index contributed by atoms with van der Waals surface area (Å²) in [5, 5.41) is 2.85. The Hall–Kier alpha value is -2.38. The molecule has 1 aliphatic rings. The summed E-state index contributed by atoms with van der Waals surface area (Å²) < 4.78 is 33.0. The summed E-state index contributed by atoms with van der Waals surface area (Å²) in [5.74, 6) is 0.239. The van der Waals surface area contributed by atoms with E-state index in [-0.39, 0.29) is 10.8 Å². The van der Waals surface area contributed by atoms with Gasteiger partial charge in [0, 0.05) is 6.54 Å². The first-order valence-electron chi connectivity index (χ1n) is 9.13. The number of sulfonamides is 1. The quantitative estimate of drug-likeness (QED) is 0.824. The third-order valence-electron chi connectivity index (χ3n) is 4.55. The molecule has 1 aliphatic heterocycles.